The molecule has 6 rings (SSSR count). The van der Waals surface area contributed by atoms with Gasteiger partial charge in [-0.1, -0.05) is 36.4 Å². The van der Waals surface area contributed by atoms with Crippen LogP contribution in [0.25, 0.3) is 10.8 Å². The Morgan fingerprint density at radius 3 is 2.82 bits per heavy atom. The lowest BCUT2D eigenvalue weighted by molar-refractivity contribution is -0.248. The predicted octanol–water partition coefficient (Wildman–Crippen LogP) is 3.72. The number of hydrogen-bond acceptors (Lipinski definition) is 6. The van der Waals surface area contributed by atoms with Crippen LogP contribution in [0, 0.1) is 5.41 Å². The fourth-order valence-corrected chi connectivity index (χ4v) is 5.19. The fraction of sp³-hybridized carbons (Fsp3) is 0.429. The average molecular weight is 398 g/mol. The molecule has 0 atom stereocenters. The molecule has 28 heavy (non-hydrogen) atoms. The van der Waals surface area contributed by atoms with E-state index in [1.54, 1.807) is 0 Å². The fourth-order valence-electron chi connectivity index (χ4n) is 4.55. The summed E-state index contributed by atoms with van der Waals surface area (Å²) in [6.07, 6.45) is 2.78. The molecule has 3 aliphatic rings. The molecular formula is C21H22N2O4S. The first-order valence-corrected chi connectivity index (χ1v) is 10.4. The lowest BCUT2D eigenvalue weighted by Crippen LogP contribution is -2.62. The lowest BCUT2D eigenvalue weighted by atomic mass is 9.56. The SMILES string of the molecule is O=c1oc(-c2cccs2)nn1CC12CC(COCc3ccccc3)(CCO1)C2. The summed E-state index contributed by atoms with van der Waals surface area (Å²) >= 11 is 1.50. The standard InChI is InChI=1S/C21H22N2O4S/c24-19-23(22-18(27-19)17-7-4-10-28-17)14-21-12-20(13-21,8-9-26-21)15-25-11-16-5-2-1-3-6-16/h1-7,10H,8-9,11-15H2. The van der Waals surface area contributed by atoms with Gasteiger partial charge in [-0.25, -0.2) is 4.79 Å². The van der Waals surface area contributed by atoms with Crippen molar-refractivity contribution >= 4 is 11.3 Å². The maximum absolute atomic E-state index is 12.2. The summed E-state index contributed by atoms with van der Waals surface area (Å²) < 4.78 is 18.8. The van der Waals surface area contributed by atoms with E-state index in [1.807, 2.05) is 35.7 Å². The van der Waals surface area contributed by atoms with Crippen molar-refractivity contribution in [3.05, 3.63) is 64.0 Å². The summed E-state index contributed by atoms with van der Waals surface area (Å²) in [6.45, 7) is 2.48. The lowest BCUT2D eigenvalue weighted by Gasteiger charge is -2.59. The highest BCUT2D eigenvalue weighted by Crippen LogP contribution is 2.57. The number of fused-ring (bicyclic) bond motifs is 2. The molecule has 7 heteroatoms. The Hall–Kier alpha value is -2.22. The molecule has 1 aliphatic carbocycles. The van der Waals surface area contributed by atoms with Crippen molar-refractivity contribution in [2.45, 2.75) is 38.0 Å². The van der Waals surface area contributed by atoms with Crippen molar-refractivity contribution in [3.63, 3.8) is 0 Å². The molecule has 4 heterocycles. The van der Waals surface area contributed by atoms with Crippen molar-refractivity contribution < 1.29 is 13.9 Å². The van der Waals surface area contributed by atoms with Crippen LogP contribution in [0.15, 0.2) is 57.1 Å². The summed E-state index contributed by atoms with van der Waals surface area (Å²) in [7, 11) is 0. The molecule has 3 fully saturated rings. The van der Waals surface area contributed by atoms with Crippen LogP contribution in [0.4, 0.5) is 0 Å². The van der Waals surface area contributed by atoms with E-state index in [-0.39, 0.29) is 11.0 Å². The summed E-state index contributed by atoms with van der Waals surface area (Å²) in [6, 6.07) is 14.0. The number of hydrogen-bond donors (Lipinski definition) is 0. The Bertz CT molecular complexity index is 987. The van der Waals surface area contributed by atoms with E-state index in [2.05, 4.69) is 17.2 Å². The minimum Gasteiger partial charge on any atom is -0.387 e. The third-order valence-corrected chi connectivity index (χ3v) is 6.59. The molecule has 0 N–H and O–H groups in total. The van der Waals surface area contributed by atoms with E-state index >= 15 is 0 Å². The number of benzene rings is 1. The summed E-state index contributed by atoms with van der Waals surface area (Å²) in [4.78, 5) is 13.1. The molecule has 1 saturated carbocycles. The molecule has 2 aliphatic heterocycles. The second kappa shape index (κ2) is 6.99. The molecule has 146 valence electrons. The van der Waals surface area contributed by atoms with Crippen LogP contribution in [0.3, 0.4) is 0 Å². The van der Waals surface area contributed by atoms with Gasteiger partial charge in [0.05, 0.1) is 30.2 Å². The van der Waals surface area contributed by atoms with Crippen molar-refractivity contribution in [2.24, 2.45) is 5.41 Å². The topological polar surface area (TPSA) is 66.5 Å². The van der Waals surface area contributed by atoms with Crippen LogP contribution in [0.5, 0.6) is 0 Å². The highest BCUT2D eigenvalue weighted by atomic mass is 32.1. The van der Waals surface area contributed by atoms with Gasteiger partial charge in [0.25, 0.3) is 5.89 Å². The number of aromatic nitrogens is 2. The van der Waals surface area contributed by atoms with Gasteiger partial charge in [0.15, 0.2) is 0 Å². The quantitative estimate of drug-likeness (QED) is 0.607. The molecule has 0 amide bonds. The largest absolute Gasteiger partial charge is 0.437 e. The van der Waals surface area contributed by atoms with Gasteiger partial charge in [-0.2, -0.15) is 4.68 Å². The second-order valence-electron chi connectivity index (χ2n) is 7.92. The Labute approximate surface area is 166 Å². The van der Waals surface area contributed by atoms with E-state index < -0.39 is 5.76 Å². The highest BCUT2D eigenvalue weighted by molar-refractivity contribution is 7.13. The molecule has 0 radical (unpaired) electrons. The van der Waals surface area contributed by atoms with Gasteiger partial charge in [-0.3, -0.25) is 0 Å². The Balaban J connectivity index is 1.22. The summed E-state index contributed by atoms with van der Waals surface area (Å²) in [5, 5.41) is 6.31. The molecular weight excluding hydrogens is 376 g/mol. The molecule has 2 bridgehead atoms. The first-order chi connectivity index (χ1) is 13.7. The molecule has 2 aromatic heterocycles. The van der Waals surface area contributed by atoms with Crippen molar-refractivity contribution in [1.29, 1.82) is 0 Å². The zero-order valence-electron chi connectivity index (χ0n) is 15.5. The normalized spacial score (nSPS) is 26.1. The molecule has 3 aromatic rings. The van der Waals surface area contributed by atoms with Crippen LogP contribution < -0.4 is 5.76 Å². The van der Waals surface area contributed by atoms with E-state index in [0.717, 1.165) is 30.7 Å². The van der Waals surface area contributed by atoms with Crippen LogP contribution in [0.1, 0.15) is 24.8 Å². The molecule has 2 saturated heterocycles. The van der Waals surface area contributed by atoms with Crippen molar-refractivity contribution in [1.82, 2.24) is 9.78 Å². The van der Waals surface area contributed by atoms with Gasteiger partial charge in [0, 0.05) is 12.0 Å². The average Bonchev–Trinajstić information content (AvgIpc) is 3.33. The number of thiophene rings is 1. The van der Waals surface area contributed by atoms with Gasteiger partial charge >= 0.3 is 5.76 Å². The molecule has 1 aromatic carbocycles. The van der Waals surface area contributed by atoms with Crippen LogP contribution in [-0.4, -0.2) is 28.6 Å². The van der Waals surface area contributed by atoms with Gasteiger partial charge in [-0.15, -0.1) is 16.4 Å². The third-order valence-electron chi connectivity index (χ3n) is 5.73. The molecule has 0 spiro atoms. The maximum atomic E-state index is 12.2. The molecule has 6 nitrogen and oxygen atoms in total. The maximum Gasteiger partial charge on any atom is 0.437 e. The summed E-state index contributed by atoms with van der Waals surface area (Å²) in [5.41, 5.74) is 1.01. The Morgan fingerprint density at radius 1 is 1.18 bits per heavy atom. The van der Waals surface area contributed by atoms with Gasteiger partial charge in [0.1, 0.15) is 0 Å². The number of nitrogens with zero attached hydrogens (tertiary/aromatic N) is 2. The van der Waals surface area contributed by atoms with Crippen molar-refractivity contribution in [3.8, 4) is 10.8 Å². The number of ether oxygens (including phenoxy) is 2. The highest BCUT2D eigenvalue weighted by Gasteiger charge is 2.59. The van der Waals surface area contributed by atoms with Crippen molar-refractivity contribution in [2.75, 3.05) is 13.2 Å². The zero-order valence-corrected chi connectivity index (χ0v) is 16.3. The Kier molecular flexibility index (Phi) is 4.45. The smallest absolute Gasteiger partial charge is 0.387 e. The first kappa shape index (κ1) is 17.8. The second-order valence-corrected chi connectivity index (χ2v) is 8.87. The van der Waals surface area contributed by atoms with Gasteiger partial charge < -0.3 is 13.9 Å². The monoisotopic (exact) mass is 398 g/mol. The minimum absolute atomic E-state index is 0.150. The first-order valence-electron chi connectivity index (χ1n) is 9.53. The van der Waals surface area contributed by atoms with Crippen LogP contribution >= 0.6 is 11.3 Å². The van der Waals surface area contributed by atoms with Crippen LogP contribution in [-0.2, 0) is 22.6 Å². The number of rotatable bonds is 7. The van der Waals surface area contributed by atoms with E-state index in [1.165, 1.54) is 21.6 Å². The van der Waals surface area contributed by atoms with Gasteiger partial charge in [-0.05, 0) is 36.3 Å². The van der Waals surface area contributed by atoms with E-state index in [9.17, 15) is 4.79 Å². The van der Waals surface area contributed by atoms with E-state index in [0.29, 0.717) is 25.6 Å². The third kappa shape index (κ3) is 3.34. The summed E-state index contributed by atoms with van der Waals surface area (Å²) in [5.74, 6) is -0.0474. The van der Waals surface area contributed by atoms with Crippen LogP contribution in [0.2, 0.25) is 0 Å². The Morgan fingerprint density at radius 2 is 2.04 bits per heavy atom. The zero-order chi connectivity index (χ0) is 19.0. The predicted molar refractivity (Wildman–Crippen MR) is 105 cm³/mol. The molecule has 0 unspecified atom stereocenters. The minimum atomic E-state index is -0.426. The van der Waals surface area contributed by atoms with E-state index in [4.69, 9.17) is 13.9 Å². The van der Waals surface area contributed by atoms with Gasteiger partial charge in [0.2, 0.25) is 0 Å².